The Kier molecular flexibility index (Phi) is 3.48. The quantitative estimate of drug-likeness (QED) is 0.656. The molecule has 4 nitrogen and oxygen atoms in total. The molecule has 0 spiro atoms. The van der Waals surface area contributed by atoms with E-state index in [1.807, 2.05) is 0 Å². The summed E-state index contributed by atoms with van der Waals surface area (Å²) in [6.45, 7) is 0. The zero-order valence-electron chi connectivity index (χ0n) is 9.37. The highest BCUT2D eigenvalue weighted by molar-refractivity contribution is 6.28. The first-order valence-corrected chi connectivity index (χ1v) is 5.47. The van der Waals surface area contributed by atoms with Gasteiger partial charge < -0.3 is 11.1 Å². The van der Waals surface area contributed by atoms with Crippen molar-refractivity contribution < 1.29 is 13.2 Å². The van der Waals surface area contributed by atoms with Crippen LogP contribution in [0.4, 0.5) is 30.4 Å². The van der Waals surface area contributed by atoms with E-state index in [0.717, 1.165) is 0 Å². The van der Waals surface area contributed by atoms with Crippen LogP contribution in [-0.2, 0) is 6.18 Å². The van der Waals surface area contributed by atoms with E-state index in [-0.39, 0.29) is 5.28 Å². The van der Waals surface area contributed by atoms with Crippen molar-refractivity contribution in [3.05, 3.63) is 41.3 Å². The van der Waals surface area contributed by atoms with Gasteiger partial charge >= 0.3 is 6.18 Å². The lowest BCUT2D eigenvalue weighted by atomic mass is 10.2. The fourth-order valence-electron chi connectivity index (χ4n) is 1.40. The molecule has 0 aliphatic carbocycles. The molecule has 0 fully saturated rings. The first-order chi connectivity index (χ1) is 8.88. The van der Waals surface area contributed by atoms with E-state index in [1.165, 1.54) is 6.07 Å². The zero-order valence-corrected chi connectivity index (χ0v) is 10.1. The number of hydrogen-bond donors (Lipinski definition) is 2. The lowest BCUT2D eigenvalue weighted by molar-refractivity contribution is -0.137. The Morgan fingerprint density at radius 2 is 1.89 bits per heavy atom. The number of nitrogen functional groups attached to an aromatic ring is 1. The van der Waals surface area contributed by atoms with Crippen molar-refractivity contribution >= 4 is 28.8 Å². The van der Waals surface area contributed by atoms with Crippen molar-refractivity contribution in [2.24, 2.45) is 0 Å². The summed E-state index contributed by atoms with van der Waals surface area (Å²) in [5.41, 5.74) is 5.24. The average Bonchev–Trinajstić information content (AvgIpc) is 2.30. The Morgan fingerprint density at radius 1 is 1.21 bits per heavy atom. The highest BCUT2D eigenvalue weighted by atomic mass is 35.5. The number of alkyl halides is 3. The second-order valence-electron chi connectivity index (χ2n) is 3.61. The molecule has 0 aliphatic heterocycles. The monoisotopic (exact) mass is 288 g/mol. The molecule has 1 aromatic heterocycles. The second-order valence-corrected chi connectivity index (χ2v) is 3.95. The van der Waals surface area contributed by atoms with Crippen molar-refractivity contribution in [2.75, 3.05) is 11.1 Å². The third-order valence-corrected chi connectivity index (χ3v) is 2.46. The summed E-state index contributed by atoms with van der Waals surface area (Å²) in [6, 6.07) is 6.39. The molecule has 0 unspecified atom stereocenters. The maximum absolute atomic E-state index is 12.8. The predicted octanol–water partition coefficient (Wildman–Crippen LogP) is 3.47. The van der Waals surface area contributed by atoms with Gasteiger partial charge in [-0.25, -0.2) is 4.98 Å². The average molecular weight is 289 g/mol. The first-order valence-electron chi connectivity index (χ1n) is 5.09. The maximum Gasteiger partial charge on any atom is 0.421 e. The van der Waals surface area contributed by atoms with Crippen LogP contribution in [0.1, 0.15) is 5.56 Å². The topological polar surface area (TPSA) is 63.8 Å². The van der Waals surface area contributed by atoms with Gasteiger partial charge in [0.05, 0.1) is 11.4 Å². The SMILES string of the molecule is Nc1ccccc1Nc1nc(Cl)ncc1C(F)(F)F. The van der Waals surface area contributed by atoms with Gasteiger partial charge in [-0.2, -0.15) is 18.2 Å². The molecule has 0 amide bonds. The third-order valence-electron chi connectivity index (χ3n) is 2.28. The molecular weight excluding hydrogens is 281 g/mol. The van der Waals surface area contributed by atoms with E-state index < -0.39 is 17.6 Å². The van der Waals surface area contributed by atoms with Crippen molar-refractivity contribution in [2.45, 2.75) is 6.18 Å². The van der Waals surface area contributed by atoms with E-state index >= 15 is 0 Å². The van der Waals surface area contributed by atoms with Gasteiger partial charge in [0.2, 0.25) is 5.28 Å². The van der Waals surface area contributed by atoms with Crippen molar-refractivity contribution in [1.82, 2.24) is 9.97 Å². The normalized spacial score (nSPS) is 11.4. The van der Waals surface area contributed by atoms with Crippen molar-refractivity contribution in [1.29, 1.82) is 0 Å². The number of nitrogens with zero attached hydrogens (tertiary/aromatic N) is 2. The summed E-state index contributed by atoms with van der Waals surface area (Å²) >= 11 is 5.51. The van der Waals surface area contributed by atoms with Gasteiger partial charge in [0.25, 0.3) is 0 Å². The number of para-hydroxylation sites is 2. The Labute approximate surface area is 111 Å². The van der Waals surface area contributed by atoms with E-state index in [9.17, 15) is 13.2 Å². The summed E-state index contributed by atoms with van der Waals surface area (Å²) in [4.78, 5) is 6.88. The van der Waals surface area contributed by atoms with Crippen molar-refractivity contribution in [3.63, 3.8) is 0 Å². The van der Waals surface area contributed by atoms with Crippen LogP contribution in [-0.4, -0.2) is 9.97 Å². The molecule has 0 saturated heterocycles. The molecule has 0 bridgehead atoms. The molecular formula is C11H8ClF3N4. The summed E-state index contributed by atoms with van der Waals surface area (Å²) in [7, 11) is 0. The smallest absolute Gasteiger partial charge is 0.397 e. The number of benzene rings is 1. The summed E-state index contributed by atoms with van der Waals surface area (Å²) in [5.74, 6) is -0.439. The van der Waals surface area contributed by atoms with Crippen LogP contribution in [0.3, 0.4) is 0 Å². The van der Waals surface area contributed by atoms with Crippen molar-refractivity contribution in [3.8, 4) is 0 Å². The van der Waals surface area contributed by atoms with Crippen LogP contribution in [0, 0.1) is 0 Å². The maximum atomic E-state index is 12.8. The number of rotatable bonds is 2. The molecule has 2 rings (SSSR count). The fraction of sp³-hybridized carbons (Fsp3) is 0.0909. The lowest BCUT2D eigenvalue weighted by Crippen LogP contribution is -2.11. The minimum atomic E-state index is -4.59. The second kappa shape index (κ2) is 4.93. The van der Waals surface area contributed by atoms with Crippen LogP contribution in [0.15, 0.2) is 30.5 Å². The number of aromatic nitrogens is 2. The standard InChI is InChI=1S/C11H8ClF3N4/c12-10-17-5-6(11(13,14)15)9(19-10)18-8-4-2-1-3-7(8)16/h1-5H,16H2,(H,17,18,19). The van der Waals surface area contributed by atoms with Crippen LogP contribution < -0.4 is 11.1 Å². The molecule has 8 heteroatoms. The zero-order chi connectivity index (χ0) is 14.0. The van der Waals surface area contributed by atoms with Gasteiger partial charge in [0.15, 0.2) is 0 Å². The van der Waals surface area contributed by atoms with Gasteiger partial charge in [-0.15, -0.1) is 0 Å². The van der Waals surface area contributed by atoms with Crippen LogP contribution in [0.2, 0.25) is 5.28 Å². The number of nitrogens with one attached hydrogen (secondary N) is 1. The van der Waals surface area contributed by atoms with Crippen LogP contribution >= 0.6 is 11.6 Å². The predicted molar refractivity (Wildman–Crippen MR) is 66.2 cm³/mol. The molecule has 0 radical (unpaired) electrons. The van der Waals surface area contributed by atoms with Gasteiger partial charge in [-0.05, 0) is 23.7 Å². The highest BCUT2D eigenvalue weighted by Gasteiger charge is 2.35. The molecule has 0 atom stereocenters. The van der Waals surface area contributed by atoms with E-state index in [1.54, 1.807) is 18.2 Å². The molecule has 100 valence electrons. The van der Waals surface area contributed by atoms with Gasteiger partial charge in [0.1, 0.15) is 11.4 Å². The van der Waals surface area contributed by atoms with E-state index in [0.29, 0.717) is 17.6 Å². The minimum absolute atomic E-state index is 0.287. The lowest BCUT2D eigenvalue weighted by Gasteiger charge is -2.14. The number of hydrogen-bond acceptors (Lipinski definition) is 4. The van der Waals surface area contributed by atoms with Crippen LogP contribution in [0.25, 0.3) is 0 Å². The molecule has 19 heavy (non-hydrogen) atoms. The van der Waals surface area contributed by atoms with Gasteiger partial charge in [-0.3, -0.25) is 0 Å². The first kappa shape index (κ1) is 13.4. The number of anilines is 3. The fourth-order valence-corrected chi connectivity index (χ4v) is 1.53. The van der Waals surface area contributed by atoms with E-state index in [2.05, 4.69) is 15.3 Å². The van der Waals surface area contributed by atoms with Gasteiger partial charge in [-0.1, -0.05) is 12.1 Å². The summed E-state index contributed by atoms with van der Waals surface area (Å²) in [5, 5.41) is 2.22. The Morgan fingerprint density at radius 3 is 2.53 bits per heavy atom. The molecule has 2 aromatic rings. The molecule has 1 aromatic carbocycles. The summed E-state index contributed by atoms with van der Waals surface area (Å²) in [6.07, 6.45) is -3.97. The summed E-state index contributed by atoms with van der Waals surface area (Å²) < 4.78 is 38.4. The molecule has 0 saturated carbocycles. The van der Waals surface area contributed by atoms with Gasteiger partial charge in [0, 0.05) is 6.20 Å². The Hall–Kier alpha value is -2.02. The Balaban J connectivity index is 2.45. The highest BCUT2D eigenvalue weighted by Crippen LogP contribution is 2.35. The van der Waals surface area contributed by atoms with E-state index in [4.69, 9.17) is 17.3 Å². The van der Waals surface area contributed by atoms with Crippen LogP contribution in [0.5, 0.6) is 0 Å². The Bertz CT molecular complexity index is 601. The molecule has 1 heterocycles. The molecule has 3 N–H and O–H groups in total. The molecule has 0 aliphatic rings. The minimum Gasteiger partial charge on any atom is -0.397 e. The number of nitrogens with two attached hydrogens (primary N) is 1. The third kappa shape index (κ3) is 3.05. The number of halogens is 4. The largest absolute Gasteiger partial charge is 0.421 e.